The van der Waals surface area contributed by atoms with Crippen molar-refractivity contribution in [2.24, 2.45) is 57.3 Å². The molecule has 26 heteroatoms. The smallest absolute Gasteiger partial charge is 0.276 e. The molecule has 0 bridgehead atoms. The highest BCUT2D eigenvalue weighted by Gasteiger charge is 2.09. The second-order valence-electron chi connectivity index (χ2n) is 25.5. The summed E-state index contributed by atoms with van der Waals surface area (Å²) in [6.07, 6.45) is 43.1. The number of hydrogen-bond acceptors (Lipinski definition) is 17. The number of para-hydroxylation sites is 1. The van der Waals surface area contributed by atoms with Crippen LogP contribution in [-0.2, 0) is 0 Å². The number of benzene rings is 11. The molecule has 0 aliphatic heterocycles. The average Bonchev–Trinajstić information content (AvgIpc) is 0.722. The minimum Gasteiger partial charge on any atom is -0.399 e. The van der Waals surface area contributed by atoms with Crippen molar-refractivity contribution in [1.82, 2.24) is 0 Å². The lowest BCUT2D eigenvalue weighted by molar-refractivity contribution is -0.385. The van der Waals surface area contributed by atoms with E-state index in [4.69, 9.17) is 97.9 Å². The third-order valence-corrected chi connectivity index (χ3v) is 18.1. The molecule has 0 fully saturated rings. The summed E-state index contributed by atoms with van der Waals surface area (Å²) in [4.78, 5) is 30.0. The van der Waals surface area contributed by atoms with E-state index in [1.807, 2.05) is 261 Å². The first-order valence-electron chi connectivity index (χ1n) is 39.9. The predicted octanol–water partition coefficient (Wildman–Crippen LogP) is 23.6. The average molecular weight is 1970 g/mol. The Bertz CT molecular complexity index is 4870. The highest BCUT2D eigenvalue weighted by molar-refractivity contribution is 9.11. The van der Waals surface area contributed by atoms with Gasteiger partial charge in [0, 0.05) is 130 Å². The quantitative estimate of drug-likeness (QED) is 0.0144. The summed E-state index contributed by atoms with van der Waals surface area (Å²) in [5.74, 6) is 0. The Morgan fingerprint density at radius 2 is 0.630 bits per heavy atom. The van der Waals surface area contributed by atoms with E-state index in [1.165, 1.54) is 52.6 Å². The van der Waals surface area contributed by atoms with Crippen LogP contribution in [0.2, 0.25) is 15.1 Å². The van der Waals surface area contributed by atoms with Crippen LogP contribution in [0.3, 0.4) is 0 Å². The number of rotatable bonds is 25. The van der Waals surface area contributed by atoms with E-state index in [9.17, 15) is 30.3 Å². The Morgan fingerprint density at radius 3 is 1.05 bits per heavy atom. The van der Waals surface area contributed by atoms with Gasteiger partial charge < -0.3 is 63.1 Å². The van der Waals surface area contributed by atoms with Gasteiger partial charge in [0.25, 0.3) is 17.1 Å². The summed E-state index contributed by atoms with van der Waals surface area (Å²) in [5.41, 5.74) is 72.2. The van der Waals surface area contributed by atoms with Gasteiger partial charge in [-0.1, -0.05) is 374 Å². The minimum atomic E-state index is -0.420. The third kappa shape index (κ3) is 58.4. The lowest BCUT2D eigenvalue weighted by atomic mass is 10.1. The zero-order chi connectivity index (χ0) is 93.9. The van der Waals surface area contributed by atoms with Crippen molar-refractivity contribution in [2.45, 2.75) is 20.3 Å². The minimum absolute atomic E-state index is 0.0965. The van der Waals surface area contributed by atoms with Crippen LogP contribution in [0.25, 0.3) is 66.8 Å². The van der Waals surface area contributed by atoms with Crippen LogP contribution in [0.1, 0.15) is 80.1 Å². The van der Waals surface area contributed by atoms with Gasteiger partial charge in [-0.15, -0.1) is 0 Å². The topological polar surface area (TPSA) is 416 Å². The van der Waals surface area contributed by atoms with E-state index >= 15 is 0 Å². The molecule has 0 aromatic heterocycles. The number of allylic oxidation sites excluding steroid dienone is 1. The van der Waals surface area contributed by atoms with Crippen LogP contribution in [0.5, 0.6) is 0 Å². The van der Waals surface area contributed by atoms with Gasteiger partial charge in [0.05, 0.1) is 20.3 Å². The molecular formula is C101H116Br3Cl3N14O6. The lowest BCUT2D eigenvalue weighted by Crippen LogP contribution is -1.94. The number of nitrogen functional groups attached to an aromatic ring is 1. The normalized spacial score (nSPS) is 10.7. The first-order valence-corrected chi connectivity index (χ1v) is 43.4. The largest absolute Gasteiger partial charge is 0.399 e. The number of nitro benzene ring substituents is 3. The van der Waals surface area contributed by atoms with Gasteiger partial charge in [-0.3, -0.25) is 30.3 Å². The molecule has 11 rings (SSSR count). The number of hydrogen-bond donors (Lipinski definition) is 11. The Morgan fingerprint density at radius 1 is 0.291 bits per heavy atom. The summed E-state index contributed by atoms with van der Waals surface area (Å²) < 4.78 is 3.30. The molecule has 0 spiro atoms. The number of non-ortho nitro benzene ring substituents is 2. The third-order valence-electron chi connectivity index (χ3n) is 15.6. The second-order valence-corrected chi connectivity index (χ2v) is 29.5. The van der Waals surface area contributed by atoms with E-state index < -0.39 is 14.8 Å². The molecule has 668 valence electrons. The molecule has 20 nitrogen and oxygen atoms in total. The summed E-state index contributed by atoms with van der Waals surface area (Å²) >= 11 is 27.5. The van der Waals surface area contributed by atoms with Crippen LogP contribution < -0.4 is 63.1 Å². The molecule has 11 aromatic carbocycles. The number of anilines is 1. The first-order chi connectivity index (χ1) is 61.4. The standard InChI is InChI=1S/C11H14.3C9H10BrN.3C9H10ClN.3C9H10N2O2.C9H12N2/c1-3-4-5-11-8-6-10(2)7-9-11;10-9-5-1-3-8(7-9)4-2-6-11;10-9-5-3-8(4-6-9)2-1-7-11;10-9-6-2-1-4-8(9)5-3-7-11;10-9-5-1-3-8(7-9)4-2-6-11;10-9-5-3-8(4-6-9)2-1-7-11;10-9-6-2-1-4-8(9)5-3-7-11;10-6-2-4-8-3-1-5-9(7-8)11(12)13;10-7-1-2-8-3-5-9(6-4-8)11(12)13;10-7-3-5-8-4-1-2-6-9(8)11(12)13;10-7-1-2-8-3-5-9(11)6-4-8/h4-9H,3H2,1-2H3;1-5,7H,6,11H2;2*1-6H,7,11H2;1-5,7H,6,11H2;2*1-6H,7,11H2;1-5,7H,6,10H2;2*1-6H,7,10H2;1-6H,7,10-11H2/b5-4+;4-2+;2-1+;5-3+;4-2+;2-1+;5-3+;4-2+;2-1+;5-3+;2-1+. The zero-order valence-corrected chi connectivity index (χ0v) is 78.3. The van der Waals surface area contributed by atoms with Crippen molar-refractivity contribution in [1.29, 1.82) is 0 Å². The first kappa shape index (κ1) is 113. The van der Waals surface area contributed by atoms with Crippen molar-refractivity contribution >= 4 is 172 Å². The molecule has 0 heterocycles. The zero-order valence-electron chi connectivity index (χ0n) is 71.3. The number of nitrogens with zero attached hydrogens (tertiary/aromatic N) is 3. The summed E-state index contributed by atoms with van der Waals surface area (Å²) in [7, 11) is 0. The molecule has 22 N–H and O–H groups in total. The lowest BCUT2D eigenvalue weighted by Gasteiger charge is -1.95. The van der Waals surface area contributed by atoms with Gasteiger partial charge in [-0.2, -0.15) is 0 Å². The van der Waals surface area contributed by atoms with E-state index in [0.29, 0.717) is 71.0 Å². The maximum absolute atomic E-state index is 10.5. The molecule has 0 aliphatic carbocycles. The van der Waals surface area contributed by atoms with Gasteiger partial charge in [0.1, 0.15) is 0 Å². The molecule has 127 heavy (non-hydrogen) atoms. The molecule has 0 saturated heterocycles. The second kappa shape index (κ2) is 74.7. The van der Waals surface area contributed by atoms with E-state index in [0.717, 1.165) is 79.5 Å². The molecule has 0 radical (unpaired) electrons. The number of nitro groups is 3. The predicted molar refractivity (Wildman–Crippen MR) is 558 cm³/mol. The van der Waals surface area contributed by atoms with Gasteiger partial charge in [-0.05, 0) is 160 Å². The molecule has 0 saturated carbocycles. The number of nitrogens with two attached hydrogens (primary N) is 11. The van der Waals surface area contributed by atoms with E-state index in [2.05, 4.69) is 98.1 Å². The van der Waals surface area contributed by atoms with Crippen LogP contribution in [-0.4, -0.2) is 80.2 Å². The highest BCUT2D eigenvalue weighted by atomic mass is 79.9. The summed E-state index contributed by atoms with van der Waals surface area (Å²) in [6, 6.07) is 82.6. The van der Waals surface area contributed by atoms with Crippen LogP contribution in [0, 0.1) is 37.3 Å². The number of aryl methyl sites for hydroxylation is 1. The van der Waals surface area contributed by atoms with Crippen molar-refractivity contribution in [3.8, 4) is 0 Å². The monoisotopic (exact) mass is 1960 g/mol. The fourth-order valence-electron chi connectivity index (χ4n) is 9.39. The highest BCUT2D eigenvalue weighted by Crippen LogP contribution is 2.22. The maximum Gasteiger partial charge on any atom is 0.276 e. The molecule has 0 aliphatic rings. The SMILES string of the molecule is CC/C=C/c1ccc(C)cc1.NC/C=C/c1ccc(Br)cc1.NC/C=C/c1ccc(Cl)cc1.NC/C=C/c1ccc(N)cc1.NC/C=C/c1ccc([N+](=O)[O-])cc1.NC/C=C/c1cccc(Br)c1.NC/C=C/c1cccc(Cl)c1.NC/C=C/c1cccc([N+](=O)[O-])c1.NC/C=C/c1ccccc1Br.NC/C=C/c1ccccc1Cl.NC/C=C/c1ccccc1[N+](=O)[O-]. The summed E-state index contributed by atoms with van der Waals surface area (Å²) in [5, 5.41) is 33.5. The van der Waals surface area contributed by atoms with Gasteiger partial charge in [-0.25, -0.2) is 0 Å². The van der Waals surface area contributed by atoms with Gasteiger partial charge >= 0.3 is 0 Å². The molecule has 0 unspecified atom stereocenters. The van der Waals surface area contributed by atoms with Crippen LogP contribution in [0.4, 0.5) is 22.7 Å². The fraction of sp³-hybridized carbons (Fsp3) is 0.129. The molecule has 11 aromatic rings. The molecular weight excluding hydrogens is 1850 g/mol. The van der Waals surface area contributed by atoms with E-state index in [-0.39, 0.29) is 17.1 Å². The fourth-order valence-corrected chi connectivity index (χ4v) is 11.0. The van der Waals surface area contributed by atoms with Crippen LogP contribution in [0.15, 0.2) is 347 Å². The molecule has 0 amide bonds. The van der Waals surface area contributed by atoms with Crippen molar-refractivity contribution in [2.75, 3.05) is 71.2 Å². The van der Waals surface area contributed by atoms with Crippen molar-refractivity contribution in [3.63, 3.8) is 0 Å². The Labute approximate surface area is 788 Å². The Hall–Kier alpha value is -11.5. The van der Waals surface area contributed by atoms with Crippen LogP contribution >= 0.6 is 82.6 Å². The van der Waals surface area contributed by atoms with Crippen molar-refractivity contribution < 1.29 is 14.8 Å². The van der Waals surface area contributed by atoms with E-state index in [1.54, 1.807) is 72.8 Å². The Balaban J connectivity index is 0.000000699. The van der Waals surface area contributed by atoms with Gasteiger partial charge in [0.2, 0.25) is 0 Å². The van der Waals surface area contributed by atoms with Crippen molar-refractivity contribution in [3.05, 3.63) is 459 Å². The Kier molecular flexibility index (Phi) is 66.7. The maximum atomic E-state index is 10.5. The number of halogens is 6. The summed E-state index contributed by atoms with van der Waals surface area (Å²) in [6.45, 7) is 9.55. The molecule has 0 atom stereocenters. The van der Waals surface area contributed by atoms with Gasteiger partial charge in [0.15, 0.2) is 0 Å².